The highest BCUT2D eigenvalue weighted by Crippen LogP contribution is 2.24. The minimum absolute atomic E-state index is 0.0244. The van der Waals surface area contributed by atoms with E-state index in [2.05, 4.69) is 10.2 Å². The van der Waals surface area contributed by atoms with Crippen molar-refractivity contribution < 1.29 is 19.1 Å². The second kappa shape index (κ2) is 10.3. The van der Waals surface area contributed by atoms with Crippen molar-refractivity contribution in [1.82, 2.24) is 15.1 Å². The quantitative estimate of drug-likeness (QED) is 0.619. The molecule has 1 unspecified atom stereocenters. The van der Waals surface area contributed by atoms with Crippen molar-refractivity contribution in [1.29, 1.82) is 0 Å². The molecule has 0 bridgehead atoms. The van der Waals surface area contributed by atoms with Crippen molar-refractivity contribution in [2.24, 2.45) is 0 Å². The summed E-state index contributed by atoms with van der Waals surface area (Å²) in [6.07, 6.45) is 0.657. The number of amides is 3. The van der Waals surface area contributed by atoms with Crippen LogP contribution in [0.25, 0.3) is 0 Å². The Morgan fingerprint density at radius 2 is 1.62 bits per heavy atom. The minimum atomic E-state index is -0.291. The maximum atomic E-state index is 12.5. The van der Waals surface area contributed by atoms with Crippen LogP contribution < -0.4 is 5.32 Å². The average molecular weight is 456 g/mol. The zero-order chi connectivity index (χ0) is 22.5. The summed E-state index contributed by atoms with van der Waals surface area (Å²) in [5.74, 6) is -0.684. The number of hydrogen-bond donors (Lipinski definition) is 1. The molecule has 1 atom stereocenters. The number of fused-ring (bicyclic) bond motifs is 1. The molecular weight excluding hydrogens is 430 g/mol. The van der Waals surface area contributed by atoms with Crippen LogP contribution in [0.4, 0.5) is 0 Å². The van der Waals surface area contributed by atoms with Gasteiger partial charge < -0.3 is 10.1 Å². The molecule has 2 aliphatic heterocycles. The summed E-state index contributed by atoms with van der Waals surface area (Å²) in [5.41, 5.74) is 1.94. The number of imide groups is 1. The van der Waals surface area contributed by atoms with Crippen LogP contribution in [0.3, 0.4) is 0 Å². The number of morpholine rings is 1. The van der Waals surface area contributed by atoms with Gasteiger partial charge in [-0.2, -0.15) is 0 Å². The molecule has 8 heteroatoms. The van der Waals surface area contributed by atoms with E-state index in [1.165, 1.54) is 4.90 Å². The van der Waals surface area contributed by atoms with E-state index in [1.807, 2.05) is 24.3 Å². The predicted molar refractivity (Wildman–Crippen MR) is 121 cm³/mol. The molecule has 0 spiro atoms. The van der Waals surface area contributed by atoms with Gasteiger partial charge in [-0.25, -0.2) is 0 Å². The van der Waals surface area contributed by atoms with Gasteiger partial charge in [0.1, 0.15) is 0 Å². The monoisotopic (exact) mass is 455 g/mol. The first-order chi connectivity index (χ1) is 15.5. The molecule has 32 heavy (non-hydrogen) atoms. The second-order valence-corrected chi connectivity index (χ2v) is 8.37. The van der Waals surface area contributed by atoms with Crippen molar-refractivity contribution in [2.45, 2.75) is 18.9 Å². The van der Waals surface area contributed by atoms with Crippen molar-refractivity contribution in [3.63, 3.8) is 0 Å². The van der Waals surface area contributed by atoms with Gasteiger partial charge >= 0.3 is 0 Å². The van der Waals surface area contributed by atoms with E-state index in [-0.39, 0.29) is 36.7 Å². The summed E-state index contributed by atoms with van der Waals surface area (Å²) in [6, 6.07) is 14.5. The van der Waals surface area contributed by atoms with Crippen molar-refractivity contribution in [3.05, 3.63) is 70.2 Å². The number of carbonyl (C=O) groups is 3. The largest absolute Gasteiger partial charge is 0.379 e. The third-order valence-corrected chi connectivity index (χ3v) is 6.15. The number of carbonyl (C=O) groups excluding carboxylic acids is 3. The van der Waals surface area contributed by atoms with Gasteiger partial charge in [0.25, 0.3) is 11.8 Å². The Bertz CT molecular complexity index is 954. The van der Waals surface area contributed by atoms with Crippen LogP contribution in [-0.2, 0) is 9.53 Å². The van der Waals surface area contributed by atoms with Crippen LogP contribution >= 0.6 is 11.6 Å². The lowest BCUT2D eigenvalue weighted by Crippen LogP contribution is -2.43. The summed E-state index contributed by atoms with van der Waals surface area (Å²) in [4.78, 5) is 40.9. The van der Waals surface area contributed by atoms with Crippen LogP contribution in [0, 0.1) is 0 Å². The maximum Gasteiger partial charge on any atom is 0.261 e. The fourth-order valence-corrected chi connectivity index (χ4v) is 4.30. The summed E-state index contributed by atoms with van der Waals surface area (Å²) in [7, 11) is 0. The zero-order valence-corrected chi connectivity index (χ0v) is 18.5. The van der Waals surface area contributed by atoms with E-state index in [4.69, 9.17) is 16.3 Å². The minimum Gasteiger partial charge on any atom is -0.379 e. The second-order valence-electron chi connectivity index (χ2n) is 7.93. The highest BCUT2D eigenvalue weighted by Gasteiger charge is 2.34. The standard InChI is InChI=1S/C24H26ClN3O4/c25-18-9-7-17(8-10-18)21(27-12-14-32-15-13-27)16-26-22(29)6-3-11-28-23(30)19-4-1-2-5-20(19)24(28)31/h1-2,4-5,7-10,21H,3,6,11-16H2,(H,26,29). The molecule has 2 aliphatic rings. The van der Waals surface area contributed by atoms with Crippen LogP contribution in [0.1, 0.15) is 45.2 Å². The van der Waals surface area contributed by atoms with E-state index >= 15 is 0 Å². The smallest absolute Gasteiger partial charge is 0.261 e. The topological polar surface area (TPSA) is 79.0 Å². The third kappa shape index (κ3) is 5.01. The zero-order valence-electron chi connectivity index (χ0n) is 17.8. The molecule has 7 nitrogen and oxygen atoms in total. The summed E-state index contributed by atoms with van der Waals surface area (Å²) < 4.78 is 5.46. The van der Waals surface area contributed by atoms with Gasteiger partial charge in [-0.3, -0.25) is 24.2 Å². The Hall–Kier alpha value is -2.74. The summed E-state index contributed by atoms with van der Waals surface area (Å²) >= 11 is 6.04. The van der Waals surface area contributed by atoms with Crippen LogP contribution in [0.15, 0.2) is 48.5 Å². The molecule has 2 aromatic rings. The van der Waals surface area contributed by atoms with Gasteiger partial charge in [0.2, 0.25) is 5.91 Å². The van der Waals surface area contributed by atoms with Crippen LogP contribution in [0.5, 0.6) is 0 Å². The SMILES string of the molecule is O=C(CCCN1C(=O)c2ccccc2C1=O)NCC(c1ccc(Cl)cc1)N1CCOCC1. The summed E-state index contributed by atoms with van der Waals surface area (Å²) in [5, 5.41) is 3.69. The molecule has 2 aromatic carbocycles. The lowest BCUT2D eigenvalue weighted by atomic mass is 10.0. The number of ether oxygens (including phenoxy) is 1. The highest BCUT2D eigenvalue weighted by atomic mass is 35.5. The van der Waals surface area contributed by atoms with Crippen LogP contribution in [-0.4, -0.2) is 66.9 Å². The van der Waals surface area contributed by atoms with Crippen molar-refractivity contribution in [2.75, 3.05) is 39.4 Å². The number of halogens is 1. The van der Waals surface area contributed by atoms with E-state index in [1.54, 1.807) is 24.3 Å². The first-order valence-electron chi connectivity index (χ1n) is 10.8. The fraction of sp³-hybridized carbons (Fsp3) is 0.375. The first kappa shape index (κ1) is 22.5. The average Bonchev–Trinajstić information content (AvgIpc) is 3.06. The third-order valence-electron chi connectivity index (χ3n) is 5.90. The highest BCUT2D eigenvalue weighted by molar-refractivity contribution is 6.30. The molecule has 4 rings (SSSR count). The van der Waals surface area contributed by atoms with Crippen LogP contribution in [0.2, 0.25) is 5.02 Å². The maximum absolute atomic E-state index is 12.5. The Morgan fingerprint density at radius 3 is 2.25 bits per heavy atom. The van der Waals surface area contributed by atoms with Crippen molar-refractivity contribution in [3.8, 4) is 0 Å². The van der Waals surface area contributed by atoms with E-state index < -0.39 is 0 Å². The van der Waals surface area contributed by atoms with E-state index in [0.717, 1.165) is 18.7 Å². The van der Waals surface area contributed by atoms with Gasteiger partial charge in [-0.05, 0) is 36.2 Å². The Labute approximate surface area is 192 Å². The number of nitrogens with one attached hydrogen (secondary N) is 1. The molecule has 168 valence electrons. The fourth-order valence-electron chi connectivity index (χ4n) is 4.17. The van der Waals surface area contributed by atoms with E-state index in [9.17, 15) is 14.4 Å². The predicted octanol–water partition coefficient (Wildman–Crippen LogP) is 2.91. The molecule has 3 amide bonds. The molecular formula is C24H26ClN3O4. The Balaban J connectivity index is 1.29. The van der Waals surface area contributed by atoms with Gasteiger partial charge in [0.15, 0.2) is 0 Å². The first-order valence-corrected chi connectivity index (χ1v) is 11.2. The molecule has 1 fully saturated rings. The molecule has 0 radical (unpaired) electrons. The molecule has 0 aromatic heterocycles. The number of rotatable bonds is 8. The Morgan fingerprint density at radius 1 is 1.00 bits per heavy atom. The Kier molecular flexibility index (Phi) is 7.19. The van der Waals surface area contributed by atoms with Gasteiger partial charge in [-0.1, -0.05) is 35.9 Å². The number of nitrogens with zero attached hydrogens (tertiary/aromatic N) is 2. The normalized spacial score (nSPS) is 17.3. The lowest BCUT2D eigenvalue weighted by Gasteiger charge is -2.35. The molecule has 1 N–H and O–H groups in total. The molecule has 0 saturated carbocycles. The molecule has 2 heterocycles. The van der Waals surface area contributed by atoms with Crippen molar-refractivity contribution >= 4 is 29.3 Å². The molecule has 0 aliphatic carbocycles. The summed E-state index contributed by atoms with van der Waals surface area (Å²) in [6.45, 7) is 3.61. The van der Waals surface area contributed by atoms with Gasteiger partial charge in [0, 0.05) is 37.6 Å². The van der Waals surface area contributed by atoms with Gasteiger partial charge in [-0.15, -0.1) is 0 Å². The molecule has 1 saturated heterocycles. The number of benzene rings is 2. The lowest BCUT2D eigenvalue weighted by molar-refractivity contribution is -0.121. The van der Waals surface area contributed by atoms with Gasteiger partial charge in [0.05, 0.1) is 30.4 Å². The van der Waals surface area contributed by atoms with E-state index in [0.29, 0.717) is 42.3 Å². The number of hydrogen-bond acceptors (Lipinski definition) is 5.